The second-order valence-corrected chi connectivity index (χ2v) is 12.1. The Bertz CT molecular complexity index is 1310. The SMILES string of the molecule is O=C(O)CN1CCC2(CC1)CCN(c1ccc([C@@H]3c4ccc(B(O)O)cc4CC[C@@H]3c3ccccc3)cc1)CC2. The molecule has 2 fully saturated rings. The van der Waals surface area contributed by atoms with Crippen LogP contribution in [0, 0.1) is 5.41 Å². The van der Waals surface area contributed by atoms with Gasteiger partial charge in [0.1, 0.15) is 0 Å². The number of anilines is 1. The third-order valence-corrected chi connectivity index (χ3v) is 9.87. The van der Waals surface area contributed by atoms with Gasteiger partial charge in [0.2, 0.25) is 0 Å². The van der Waals surface area contributed by atoms with E-state index in [-0.39, 0.29) is 12.5 Å². The maximum atomic E-state index is 11.1. The highest BCUT2D eigenvalue weighted by Gasteiger charge is 2.38. The quantitative estimate of drug-likeness (QED) is 0.412. The molecule has 0 saturated carbocycles. The van der Waals surface area contributed by atoms with Crippen LogP contribution in [0.4, 0.5) is 5.69 Å². The molecule has 0 radical (unpaired) electrons. The maximum absolute atomic E-state index is 11.1. The normalized spacial score (nSPS) is 22.6. The van der Waals surface area contributed by atoms with Crippen molar-refractivity contribution in [3.8, 4) is 0 Å². The van der Waals surface area contributed by atoms with Gasteiger partial charge in [-0.15, -0.1) is 0 Å². The smallest absolute Gasteiger partial charge is 0.480 e. The van der Waals surface area contributed by atoms with E-state index in [9.17, 15) is 14.8 Å². The first-order valence-corrected chi connectivity index (χ1v) is 14.7. The van der Waals surface area contributed by atoms with E-state index in [1.807, 2.05) is 12.1 Å². The summed E-state index contributed by atoms with van der Waals surface area (Å²) in [5, 5.41) is 28.6. The van der Waals surface area contributed by atoms with Gasteiger partial charge in [-0.2, -0.15) is 0 Å². The van der Waals surface area contributed by atoms with E-state index in [4.69, 9.17) is 5.11 Å². The van der Waals surface area contributed by atoms with Gasteiger partial charge < -0.3 is 20.1 Å². The fourth-order valence-electron chi connectivity index (χ4n) is 7.48. The Morgan fingerprint density at radius 2 is 1.52 bits per heavy atom. The molecule has 1 spiro atoms. The fourth-order valence-corrected chi connectivity index (χ4v) is 7.48. The Hall–Kier alpha value is -3.13. The Balaban J connectivity index is 1.19. The van der Waals surface area contributed by atoms with Gasteiger partial charge in [0.25, 0.3) is 0 Å². The van der Waals surface area contributed by atoms with Crippen LogP contribution in [0.2, 0.25) is 0 Å². The van der Waals surface area contributed by atoms with Crippen molar-refractivity contribution < 1.29 is 19.9 Å². The number of aliphatic carboxylic acids is 1. The lowest BCUT2D eigenvalue weighted by Crippen LogP contribution is -2.47. The van der Waals surface area contributed by atoms with Crippen LogP contribution in [-0.2, 0) is 11.2 Å². The molecule has 3 aromatic rings. The number of carboxylic acids is 1. The zero-order chi connectivity index (χ0) is 27.7. The molecule has 0 bridgehead atoms. The van der Waals surface area contributed by atoms with E-state index in [2.05, 4.69) is 70.5 Å². The molecule has 3 aliphatic rings. The van der Waals surface area contributed by atoms with Gasteiger partial charge in [-0.25, -0.2) is 0 Å². The zero-order valence-electron chi connectivity index (χ0n) is 23.1. The standard InChI is InChI=1S/C33H39BN2O4/c37-31(38)23-35-18-14-33(15-19-35)16-20-36(21-17-33)28-10-6-25(7-11-28)32-29(24-4-2-1-3-5-24)12-8-26-22-27(34(39)40)9-13-30(26)32/h1-7,9-11,13,22,29,32,39-40H,8,12,14-21,23H2,(H,37,38)/t29-,32+/m1/s1. The highest BCUT2D eigenvalue weighted by atomic mass is 16.4. The number of likely N-dealkylation sites (tertiary alicyclic amines) is 1. The van der Waals surface area contributed by atoms with E-state index in [1.54, 1.807) is 0 Å². The van der Waals surface area contributed by atoms with Crippen LogP contribution >= 0.6 is 0 Å². The van der Waals surface area contributed by atoms with Gasteiger partial charge in [0.05, 0.1) is 6.54 Å². The second kappa shape index (κ2) is 11.4. The molecule has 2 aliphatic heterocycles. The number of hydrogen-bond acceptors (Lipinski definition) is 5. The van der Waals surface area contributed by atoms with E-state index in [1.165, 1.54) is 40.8 Å². The molecule has 0 amide bonds. The molecule has 2 atom stereocenters. The molecule has 6 rings (SSSR count). The summed E-state index contributed by atoms with van der Waals surface area (Å²) >= 11 is 0. The Morgan fingerprint density at radius 3 is 2.17 bits per heavy atom. The van der Waals surface area contributed by atoms with Crippen molar-refractivity contribution in [1.29, 1.82) is 0 Å². The zero-order valence-corrected chi connectivity index (χ0v) is 23.1. The van der Waals surface area contributed by atoms with Crippen LogP contribution in [0.15, 0.2) is 72.8 Å². The largest absolute Gasteiger partial charge is 0.488 e. The highest BCUT2D eigenvalue weighted by Crippen LogP contribution is 2.47. The van der Waals surface area contributed by atoms with E-state index in [0.29, 0.717) is 16.8 Å². The average molecular weight is 538 g/mol. The number of nitrogens with zero attached hydrogens (tertiary/aromatic N) is 2. The minimum atomic E-state index is -1.45. The molecular formula is C33H39BN2O4. The predicted octanol–water partition coefficient (Wildman–Crippen LogP) is 4.00. The van der Waals surface area contributed by atoms with Crippen molar-refractivity contribution in [2.45, 2.75) is 50.4 Å². The van der Waals surface area contributed by atoms with Crippen molar-refractivity contribution >= 4 is 24.2 Å². The molecule has 40 heavy (non-hydrogen) atoms. The van der Waals surface area contributed by atoms with Gasteiger partial charge in [0.15, 0.2) is 0 Å². The van der Waals surface area contributed by atoms with Crippen LogP contribution in [0.1, 0.15) is 66.2 Å². The summed E-state index contributed by atoms with van der Waals surface area (Å²) < 4.78 is 0. The van der Waals surface area contributed by atoms with Gasteiger partial charge in [-0.1, -0.05) is 60.7 Å². The number of rotatable bonds is 6. The van der Waals surface area contributed by atoms with Gasteiger partial charge in [-0.3, -0.25) is 9.69 Å². The van der Waals surface area contributed by atoms with Crippen LogP contribution < -0.4 is 10.4 Å². The van der Waals surface area contributed by atoms with Gasteiger partial charge >= 0.3 is 13.1 Å². The summed E-state index contributed by atoms with van der Waals surface area (Å²) in [5.74, 6) is -0.147. The van der Waals surface area contributed by atoms with Crippen molar-refractivity contribution in [3.05, 3.63) is 95.1 Å². The second-order valence-electron chi connectivity index (χ2n) is 12.1. The first-order valence-electron chi connectivity index (χ1n) is 14.7. The summed E-state index contributed by atoms with van der Waals surface area (Å²) in [6, 6.07) is 25.9. The molecule has 6 nitrogen and oxygen atoms in total. The number of benzene rings is 3. The van der Waals surface area contributed by atoms with E-state index < -0.39 is 13.1 Å². The first-order chi connectivity index (χ1) is 19.4. The summed E-state index contributed by atoms with van der Waals surface area (Å²) in [4.78, 5) is 15.7. The molecule has 208 valence electrons. The van der Waals surface area contributed by atoms with Gasteiger partial charge in [-0.05, 0) is 103 Å². The Labute approximate surface area is 237 Å². The highest BCUT2D eigenvalue weighted by molar-refractivity contribution is 6.58. The van der Waals surface area contributed by atoms with Crippen LogP contribution in [0.3, 0.4) is 0 Å². The number of fused-ring (bicyclic) bond motifs is 1. The third kappa shape index (κ3) is 5.56. The number of piperidine rings is 2. The van der Waals surface area contributed by atoms with Crippen LogP contribution in [0.25, 0.3) is 0 Å². The molecule has 0 aromatic heterocycles. The van der Waals surface area contributed by atoms with Crippen LogP contribution in [0.5, 0.6) is 0 Å². The summed E-state index contributed by atoms with van der Waals surface area (Å²) in [6.07, 6.45) is 6.48. The molecule has 7 heteroatoms. The molecule has 2 heterocycles. The Kier molecular flexibility index (Phi) is 7.71. The molecule has 0 unspecified atom stereocenters. The lowest BCUT2D eigenvalue weighted by molar-refractivity contribution is -0.139. The monoisotopic (exact) mass is 538 g/mol. The van der Waals surface area contributed by atoms with E-state index in [0.717, 1.165) is 51.9 Å². The van der Waals surface area contributed by atoms with Crippen LogP contribution in [-0.4, -0.2) is 65.9 Å². The topological polar surface area (TPSA) is 84.2 Å². The maximum Gasteiger partial charge on any atom is 0.488 e. The summed E-state index contributed by atoms with van der Waals surface area (Å²) in [6.45, 7) is 4.04. The number of hydrogen-bond donors (Lipinski definition) is 3. The molecular weight excluding hydrogens is 499 g/mol. The lowest BCUT2D eigenvalue weighted by Gasteiger charge is -2.47. The molecule has 2 saturated heterocycles. The number of carboxylic acid groups (broad SMARTS) is 1. The van der Waals surface area contributed by atoms with Crippen molar-refractivity contribution in [2.24, 2.45) is 5.41 Å². The molecule has 1 aliphatic carbocycles. The minimum Gasteiger partial charge on any atom is -0.480 e. The fraction of sp³-hybridized carbons (Fsp3) is 0.424. The number of carbonyl (C=O) groups is 1. The third-order valence-electron chi connectivity index (χ3n) is 9.87. The summed E-state index contributed by atoms with van der Waals surface area (Å²) in [5.41, 5.74) is 7.34. The minimum absolute atomic E-state index is 0.162. The molecule has 3 aromatic carbocycles. The summed E-state index contributed by atoms with van der Waals surface area (Å²) in [7, 11) is -1.45. The van der Waals surface area contributed by atoms with Gasteiger partial charge in [0, 0.05) is 24.7 Å². The van der Waals surface area contributed by atoms with Crippen molar-refractivity contribution in [3.63, 3.8) is 0 Å². The Morgan fingerprint density at radius 1 is 0.850 bits per heavy atom. The van der Waals surface area contributed by atoms with Crippen molar-refractivity contribution in [1.82, 2.24) is 4.90 Å². The van der Waals surface area contributed by atoms with E-state index >= 15 is 0 Å². The number of aryl methyl sites for hydroxylation is 1. The van der Waals surface area contributed by atoms with Crippen molar-refractivity contribution in [2.75, 3.05) is 37.6 Å². The average Bonchev–Trinajstić information content (AvgIpc) is 2.98. The lowest BCUT2D eigenvalue weighted by atomic mass is 9.67. The molecule has 3 N–H and O–H groups in total. The predicted molar refractivity (Wildman–Crippen MR) is 159 cm³/mol. The first kappa shape index (κ1) is 27.1.